The maximum Gasteiger partial charge on any atom is 0.237 e. The smallest absolute Gasteiger partial charge is 0.237 e. The molecule has 0 rings (SSSR count). The van der Waals surface area contributed by atoms with Gasteiger partial charge >= 0.3 is 0 Å². The lowest BCUT2D eigenvalue weighted by Crippen LogP contribution is -2.42. The molecule has 7 heteroatoms. The van der Waals surface area contributed by atoms with Gasteiger partial charge in [0.05, 0.1) is 12.6 Å². The monoisotopic (exact) mass is 492 g/mol. The van der Waals surface area contributed by atoms with Crippen LogP contribution in [0, 0.1) is 5.92 Å². The Labute approximate surface area is 206 Å². The molecule has 0 saturated heterocycles. The zero-order valence-corrected chi connectivity index (χ0v) is 22.6. The first-order valence-corrected chi connectivity index (χ1v) is 15.5. The molecule has 0 fully saturated rings. The third kappa shape index (κ3) is 21.9. The van der Waals surface area contributed by atoms with E-state index >= 15 is 0 Å². The maximum atomic E-state index is 12.1. The second-order valence-corrected chi connectivity index (χ2v) is 11.5. The van der Waals surface area contributed by atoms with Crippen LogP contribution in [0.25, 0.3) is 0 Å². The number of aliphatic hydroxyl groups is 1. The van der Waals surface area contributed by atoms with Gasteiger partial charge in [-0.2, -0.15) is 0 Å². The molecule has 32 heavy (non-hydrogen) atoms. The summed E-state index contributed by atoms with van der Waals surface area (Å²) in [6, 6.07) is -0.437. The maximum absolute atomic E-state index is 12.1. The van der Waals surface area contributed by atoms with Crippen LogP contribution in [-0.2, 0) is 9.53 Å². The van der Waals surface area contributed by atoms with Crippen molar-refractivity contribution in [2.24, 2.45) is 11.7 Å². The average molecular weight is 493 g/mol. The van der Waals surface area contributed by atoms with Crippen LogP contribution in [0.1, 0.15) is 103 Å². The topological polar surface area (TPSA) is 84.6 Å². The van der Waals surface area contributed by atoms with Crippen LogP contribution >= 0.6 is 21.6 Å². The van der Waals surface area contributed by atoms with E-state index in [4.69, 9.17) is 10.5 Å². The molecular weight excluding hydrogens is 440 g/mol. The number of methoxy groups -OCH3 is 1. The van der Waals surface area contributed by atoms with Crippen LogP contribution in [-0.4, -0.2) is 55.4 Å². The fourth-order valence-electron chi connectivity index (χ4n) is 3.62. The first kappa shape index (κ1) is 32.0. The van der Waals surface area contributed by atoms with Gasteiger partial charge in [-0.25, -0.2) is 0 Å². The zero-order valence-electron chi connectivity index (χ0n) is 21.0. The minimum absolute atomic E-state index is 0.0564. The molecule has 5 nitrogen and oxygen atoms in total. The first-order chi connectivity index (χ1) is 15.7. The van der Waals surface area contributed by atoms with E-state index in [0.29, 0.717) is 18.9 Å². The van der Waals surface area contributed by atoms with Crippen molar-refractivity contribution in [2.75, 3.05) is 38.4 Å². The lowest BCUT2D eigenvalue weighted by atomic mass is 10.0. The van der Waals surface area contributed by atoms with Gasteiger partial charge < -0.3 is 20.9 Å². The zero-order chi connectivity index (χ0) is 23.7. The van der Waals surface area contributed by atoms with Crippen molar-refractivity contribution in [1.82, 2.24) is 5.32 Å². The number of rotatable bonds is 25. The minimum Gasteiger partial charge on any atom is -0.396 e. The van der Waals surface area contributed by atoms with E-state index in [-0.39, 0.29) is 18.4 Å². The predicted octanol–water partition coefficient (Wildman–Crippen LogP) is 5.94. The third-order valence-corrected chi connectivity index (χ3v) is 8.27. The number of amides is 1. The molecule has 0 aliphatic heterocycles. The molecule has 0 saturated carbocycles. The van der Waals surface area contributed by atoms with Gasteiger partial charge in [0, 0.05) is 37.7 Å². The molecule has 4 N–H and O–H groups in total. The van der Waals surface area contributed by atoms with Crippen LogP contribution in [0.3, 0.4) is 0 Å². The molecule has 0 aliphatic carbocycles. The van der Waals surface area contributed by atoms with E-state index in [9.17, 15) is 9.90 Å². The summed E-state index contributed by atoms with van der Waals surface area (Å²) in [6.07, 6.45) is 19.3. The number of unbranched alkanes of at least 4 members (excludes halogenated alkanes) is 12. The minimum atomic E-state index is -0.437. The summed E-state index contributed by atoms with van der Waals surface area (Å²) in [5.41, 5.74) is 6.00. The van der Waals surface area contributed by atoms with Crippen molar-refractivity contribution in [3.8, 4) is 0 Å². The molecule has 0 aliphatic rings. The van der Waals surface area contributed by atoms with Crippen molar-refractivity contribution in [3.63, 3.8) is 0 Å². The molecule has 0 spiro atoms. The number of nitrogens with two attached hydrogens (primary N) is 1. The van der Waals surface area contributed by atoms with Gasteiger partial charge in [0.25, 0.3) is 0 Å². The van der Waals surface area contributed by atoms with Crippen molar-refractivity contribution in [2.45, 2.75) is 109 Å². The summed E-state index contributed by atoms with van der Waals surface area (Å²) in [6.45, 7) is 3.66. The predicted molar refractivity (Wildman–Crippen MR) is 143 cm³/mol. The van der Waals surface area contributed by atoms with Crippen LogP contribution in [0.15, 0.2) is 0 Å². The highest BCUT2D eigenvalue weighted by atomic mass is 33.1. The van der Waals surface area contributed by atoms with Gasteiger partial charge in [0.1, 0.15) is 0 Å². The summed E-state index contributed by atoms with van der Waals surface area (Å²) in [5.74, 6) is 1.94. The number of nitrogens with one attached hydrogen (secondary N) is 1. The Balaban J connectivity index is 3.37. The molecule has 1 amide bonds. The Morgan fingerprint density at radius 1 is 0.906 bits per heavy atom. The molecule has 0 heterocycles. The SMILES string of the molecule is CCCCCCCCCCCCCCSSC[C@H](N)C(=O)NCCCCC(CO)COC. The Bertz CT molecular complexity index is 403. The lowest BCUT2D eigenvalue weighted by molar-refractivity contribution is -0.121. The van der Waals surface area contributed by atoms with Crippen LogP contribution < -0.4 is 11.1 Å². The molecule has 192 valence electrons. The number of carbonyl (C=O) groups is 1. The standard InChI is InChI=1S/C25H52N2O3S2/c1-3-4-5-6-7-8-9-10-11-12-13-16-19-31-32-22-24(26)25(29)27-18-15-14-17-23(20-28)21-30-2/h23-24,28H,3-22,26H2,1-2H3,(H,27,29)/t23?,24-/m0/s1. The molecule has 0 radical (unpaired) electrons. The number of aliphatic hydroxyl groups excluding tert-OH is 1. The summed E-state index contributed by atoms with van der Waals surface area (Å²) < 4.78 is 5.08. The van der Waals surface area contributed by atoms with Gasteiger partial charge in [-0.15, -0.1) is 0 Å². The number of ether oxygens (including phenoxy) is 1. The van der Waals surface area contributed by atoms with Crippen molar-refractivity contribution in [1.29, 1.82) is 0 Å². The quantitative estimate of drug-likeness (QED) is 0.108. The van der Waals surface area contributed by atoms with Crippen molar-refractivity contribution in [3.05, 3.63) is 0 Å². The summed E-state index contributed by atoms with van der Waals surface area (Å²) in [4.78, 5) is 12.1. The van der Waals surface area contributed by atoms with E-state index in [1.54, 1.807) is 17.9 Å². The van der Waals surface area contributed by atoms with E-state index in [0.717, 1.165) is 25.0 Å². The second-order valence-electron chi connectivity index (χ2n) is 8.89. The Hall–Kier alpha value is 0.0500. The van der Waals surface area contributed by atoms with Gasteiger partial charge in [0.2, 0.25) is 5.91 Å². The van der Waals surface area contributed by atoms with Crippen LogP contribution in [0.5, 0.6) is 0 Å². The molecule has 1 unspecified atom stereocenters. The van der Waals surface area contributed by atoms with E-state index in [1.807, 2.05) is 10.8 Å². The van der Waals surface area contributed by atoms with Crippen LogP contribution in [0.4, 0.5) is 0 Å². The molecule has 0 aromatic carbocycles. The van der Waals surface area contributed by atoms with Gasteiger partial charge in [-0.05, 0) is 19.3 Å². The van der Waals surface area contributed by atoms with Gasteiger partial charge in [-0.1, -0.05) is 106 Å². The highest BCUT2D eigenvalue weighted by Crippen LogP contribution is 2.23. The van der Waals surface area contributed by atoms with E-state index < -0.39 is 6.04 Å². The largest absolute Gasteiger partial charge is 0.396 e. The van der Waals surface area contributed by atoms with E-state index in [2.05, 4.69) is 12.2 Å². The summed E-state index contributed by atoms with van der Waals surface area (Å²) in [7, 11) is 5.21. The van der Waals surface area contributed by atoms with Crippen LogP contribution in [0.2, 0.25) is 0 Å². The fourth-order valence-corrected chi connectivity index (χ4v) is 5.89. The number of hydrogen-bond acceptors (Lipinski definition) is 6. The van der Waals surface area contributed by atoms with E-state index in [1.165, 1.54) is 77.0 Å². The Morgan fingerprint density at radius 3 is 2.06 bits per heavy atom. The number of carbonyl (C=O) groups excluding carboxylic acids is 1. The van der Waals surface area contributed by atoms with Gasteiger partial charge in [-0.3, -0.25) is 4.79 Å². The highest BCUT2D eigenvalue weighted by molar-refractivity contribution is 8.76. The first-order valence-electron chi connectivity index (χ1n) is 13.0. The highest BCUT2D eigenvalue weighted by Gasteiger charge is 2.13. The van der Waals surface area contributed by atoms with Crippen molar-refractivity contribution < 1.29 is 14.6 Å². The third-order valence-electron chi connectivity index (χ3n) is 5.75. The molecular formula is C25H52N2O3S2. The second kappa shape index (κ2) is 25.7. The Morgan fingerprint density at radius 2 is 1.50 bits per heavy atom. The lowest BCUT2D eigenvalue weighted by Gasteiger charge is -2.14. The molecule has 0 aromatic heterocycles. The molecule has 0 aromatic rings. The molecule has 0 bridgehead atoms. The normalized spacial score (nSPS) is 13.2. The number of hydrogen-bond donors (Lipinski definition) is 3. The average Bonchev–Trinajstić information content (AvgIpc) is 2.80. The molecule has 2 atom stereocenters. The van der Waals surface area contributed by atoms with Crippen molar-refractivity contribution >= 4 is 27.5 Å². The summed E-state index contributed by atoms with van der Waals surface area (Å²) in [5, 5.41) is 12.2. The fraction of sp³-hybridized carbons (Fsp3) is 0.960. The summed E-state index contributed by atoms with van der Waals surface area (Å²) >= 11 is 0. The van der Waals surface area contributed by atoms with Gasteiger partial charge in [0.15, 0.2) is 0 Å². The Kier molecular flexibility index (Phi) is 25.7.